The molecule has 0 bridgehead atoms. The van der Waals surface area contributed by atoms with Crippen LogP contribution in [0.25, 0.3) is 133 Å². The Morgan fingerprint density at radius 1 is 0.145 bits per heavy atom. The Balaban J connectivity index is 0.944. The van der Waals surface area contributed by atoms with Crippen LogP contribution < -0.4 is 0 Å². The molecule has 0 nitrogen and oxygen atoms in total. The summed E-state index contributed by atoms with van der Waals surface area (Å²) < 4.78 is 0. The van der Waals surface area contributed by atoms with Crippen LogP contribution in [0.15, 0.2) is 231 Å². The average molecular weight is 783 g/mol. The zero-order valence-electron chi connectivity index (χ0n) is 33.9. The summed E-state index contributed by atoms with van der Waals surface area (Å²) in [6.07, 6.45) is 0. The van der Waals surface area contributed by atoms with Gasteiger partial charge in [-0.25, -0.2) is 0 Å². The van der Waals surface area contributed by atoms with Crippen LogP contribution in [0.3, 0.4) is 0 Å². The molecule has 0 saturated carbocycles. The monoisotopic (exact) mass is 782 g/mol. The molecule has 0 heteroatoms. The summed E-state index contributed by atoms with van der Waals surface area (Å²) in [5.41, 5.74) is 25.5. The molecule has 0 atom stereocenters. The van der Waals surface area contributed by atoms with E-state index in [0.29, 0.717) is 0 Å². The lowest BCUT2D eigenvalue weighted by Gasteiger charge is -2.15. The first-order valence-electron chi connectivity index (χ1n) is 21.6. The van der Waals surface area contributed by atoms with Crippen molar-refractivity contribution in [2.75, 3.05) is 0 Å². The topological polar surface area (TPSA) is 0 Å². The van der Waals surface area contributed by atoms with Gasteiger partial charge in [-0.2, -0.15) is 0 Å². The van der Waals surface area contributed by atoms with Crippen LogP contribution in [0.1, 0.15) is 0 Å². The molecule has 286 valence electrons. The minimum Gasteiger partial charge on any atom is -0.0622 e. The van der Waals surface area contributed by atoms with Crippen molar-refractivity contribution in [1.29, 1.82) is 0 Å². The van der Waals surface area contributed by atoms with E-state index in [-0.39, 0.29) is 0 Å². The highest BCUT2D eigenvalue weighted by molar-refractivity contribution is 6.25. The molecule has 2 aliphatic rings. The Morgan fingerprint density at radius 2 is 0.387 bits per heavy atom. The van der Waals surface area contributed by atoms with E-state index in [4.69, 9.17) is 0 Å². The quantitative estimate of drug-likeness (QED) is 0.158. The maximum atomic E-state index is 2.37. The van der Waals surface area contributed by atoms with E-state index < -0.39 is 0 Å². The first kappa shape index (κ1) is 34.8. The highest BCUT2D eigenvalue weighted by atomic mass is 14.3. The Labute approximate surface area is 361 Å². The van der Waals surface area contributed by atoms with Gasteiger partial charge in [-0.1, -0.05) is 231 Å². The zero-order valence-corrected chi connectivity index (χ0v) is 33.9. The van der Waals surface area contributed by atoms with Gasteiger partial charge in [0.05, 0.1) is 0 Å². The van der Waals surface area contributed by atoms with Gasteiger partial charge in [0.25, 0.3) is 0 Å². The molecule has 11 aromatic rings. The molecule has 0 N–H and O–H groups in total. The summed E-state index contributed by atoms with van der Waals surface area (Å²) in [6, 6.07) is 85.2. The fourth-order valence-electron chi connectivity index (χ4n) is 10.7. The molecule has 0 unspecified atom stereocenters. The molecule has 13 rings (SSSR count). The van der Waals surface area contributed by atoms with Gasteiger partial charge in [0.2, 0.25) is 0 Å². The number of hydrogen-bond acceptors (Lipinski definition) is 0. The minimum atomic E-state index is 1.22. The van der Waals surface area contributed by atoms with Crippen molar-refractivity contribution >= 4 is 21.5 Å². The van der Waals surface area contributed by atoms with Gasteiger partial charge >= 0.3 is 0 Å². The van der Waals surface area contributed by atoms with Gasteiger partial charge in [-0.15, -0.1) is 0 Å². The van der Waals surface area contributed by atoms with Crippen molar-refractivity contribution in [3.8, 4) is 111 Å². The van der Waals surface area contributed by atoms with Crippen molar-refractivity contribution in [2.45, 2.75) is 0 Å². The van der Waals surface area contributed by atoms with E-state index in [0.717, 1.165) is 0 Å². The molecular formula is C62H38. The molecular weight excluding hydrogens is 745 g/mol. The Morgan fingerprint density at radius 3 is 0.694 bits per heavy atom. The average Bonchev–Trinajstić information content (AvgIpc) is 3.88. The fraction of sp³-hybridized carbons (Fsp3) is 0. The van der Waals surface area contributed by atoms with E-state index in [9.17, 15) is 0 Å². The molecule has 2 aliphatic carbocycles. The number of benzene rings is 11. The molecule has 0 aromatic heterocycles. The molecule has 0 fully saturated rings. The second kappa shape index (κ2) is 13.7. The van der Waals surface area contributed by atoms with Crippen LogP contribution in [0, 0.1) is 0 Å². The first-order valence-corrected chi connectivity index (χ1v) is 21.6. The third kappa shape index (κ3) is 5.14. The second-order valence-electron chi connectivity index (χ2n) is 16.6. The molecule has 62 heavy (non-hydrogen) atoms. The van der Waals surface area contributed by atoms with Crippen LogP contribution >= 0.6 is 0 Å². The summed E-state index contributed by atoms with van der Waals surface area (Å²) in [6.45, 7) is 0. The predicted molar refractivity (Wildman–Crippen MR) is 263 cm³/mol. The molecule has 0 aliphatic heterocycles. The fourth-order valence-corrected chi connectivity index (χ4v) is 10.7. The Hall–Kier alpha value is -8.06. The zero-order chi connectivity index (χ0) is 40.7. The lowest BCUT2D eigenvalue weighted by Crippen LogP contribution is -1.89. The van der Waals surface area contributed by atoms with E-state index in [2.05, 4.69) is 231 Å². The summed E-state index contributed by atoms with van der Waals surface area (Å²) in [7, 11) is 0. The third-order valence-electron chi connectivity index (χ3n) is 13.4. The largest absolute Gasteiger partial charge is 0.0622 e. The van der Waals surface area contributed by atoms with Crippen LogP contribution in [-0.4, -0.2) is 0 Å². The normalized spacial score (nSPS) is 11.9. The van der Waals surface area contributed by atoms with Crippen LogP contribution in [0.4, 0.5) is 0 Å². The highest BCUT2D eigenvalue weighted by Gasteiger charge is 2.30. The van der Waals surface area contributed by atoms with E-state index in [1.165, 1.54) is 133 Å². The third-order valence-corrected chi connectivity index (χ3v) is 13.4. The van der Waals surface area contributed by atoms with Gasteiger partial charge in [0.1, 0.15) is 0 Å². The van der Waals surface area contributed by atoms with Crippen LogP contribution in [0.5, 0.6) is 0 Å². The minimum absolute atomic E-state index is 1.22. The van der Waals surface area contributed by atoms with E-state index >= 15 is 0 Å². The number of hydrogen-bond donors (Lipinski definition) is 0. The van der Waals surface area contributed by atoms with Gasteiger partial charge in [-0.3, -0.25) is 0 Å². The van der Waals surface area contributed by atoms with Crippen LogP contribution in [-0.2, 0) is 0 Å². The summed E-state index contributed by atoms with van der Waals surface area (Å²) >= 11 is 0. The van der Waals surface area contributed by atoms with Crippen molar-refractivity contribution < 1.29 is 0 Å². The smallest absolute Gasteiger partial charge is 0.00139 e. The molecule has 11 aromatic carbocycles. The lowest BCUT2D eigenvalue weighted by atomic mass is 9.88. The van der Waals surface area contributed by atoms with Crippen molar-refractivity contribution in [3.63, 3.8) is 0 Å². The highest BCUT2D eigenvalue weighted by Crippen LogP contribution is 2.57. The van der Waals surface area contributed by atoms with Gasteiger partial charge in [-0.05, 0) is 133 Å². The second-order valence-corrected chi connectivity index (χ2v) is 16.6. The summed E-state index contributed by atoms with van der Waals surface area (Å²) in [4.78, 5) is 0. The predicted octanol–water partition coefficient (Wildman–Crippen LogP) is 17.3. The molecule has 0 saturated heterocycles. The number of fused-ring (bicyclic) bond motifs is 6. The van der Waals surface area contributed by atoms with E-state index in [1.54, 1.807) is 0 Å². The lowest BCUT2D eigenvalue weighted by molar-refractivity contribution is 1.59. The van der Waals surface area contributed by atoms with Gasteiger partial charge < -0.3 is 0 Å². The summed E-state index contributed by atoms with van der Waals surface area (Å²) in [5.74, 6) is 0. The maximum absolute atomic E-state index is 2.37. The molecule has 0 radical (unpaired) electrons. The van der Waals surface area contributed by atoms with Crippen molar-refractivity contribution in [3.05, 3.63) is 231 Å². The van der Waals surface area contributed by atoms with Gasteiger partial charge in [0.15, 0.2) is 0 Å². The Kier molecular flexibility index (Phi) is 7.71. The van der Waals surface area contributed by atoms with Gasteiger partial charge in [0, 0.05) is 0 Å². The Bertz CT molecular complexity index is 3180. The standard InChI is InChI=1S/C62H38/c1-5-15-39(16-6-1)47-33-35-49(41-19-9-3-10-20-41)61-55-37-31-45(51-23-13-25-53(57(51)55)59(47)61)43-27-29-44(30-28-43)46-32-38-56-58-52(46)24-14-26-54(58)60-48(40-17-7-2-8-18-40)34-36-50(62(56)60)42-21-11-4-12-22-42/h1-38H. The first-order chi connectivity index (χ1) is 30.8. The molecule has 0 amide bonds. The molecule has 0 heterocycles. The summed E-state index contributed by atoms with van der Waals surface area (Å²) in [5, 5.41) is 5.24. The SMILES string of the molecule is c1ccc(-c2ccc(-c3ccccc3)c3c2-c2cccc4c(-c5ccc(-c6ccc7c8c(cccc68)-c6c(-c8ccccc8)ccc(-c8ccccc8)c6-7)cc5)ccc-3c24)cc1. The molecule has 0 spiro atoms. The van der Waals surface area contributed by atoms with Crippen molar-refractivity contribution in [2.24, 2.45) is 0 Å². The van der Waals surface area contributed by atoms with Crippen LogP contribution in [0.2, 0.25) is 0 Å². The number of rotatable bonds is 6. The van der Waals surface area contributed by atoms with E-state index in [1.807, 2.05) is 0 Å². The maximum Gasteiger partial charge on any atom is -0.00139 e. The van der Waals surface area contributed by atoms with Crippen molar-refractivity contribution in [1.82, 2.24) is 0 Å².